The molecular weight excluding hydrogens is 333 g/mol. The Morgan fingerprint density at radius 3 is 2.56 bits per heavy atom. The summed E-state index contributed by atoms with van der Waals surface area (Å²) in [6.07, 6.45) is 4.88. The lowest BCUT2D eigenvalue weighted by Gasteiger charge is -2.09. The van der Waals surface area contributed by atoms with Crippen LogP contribution in [0.4, 0.5) is 13.2 Å². The van der Waals surface area contributed by atoms with Crippen molar-refractivity contribution in [1.29, 1.82) is 0 Å². The average molecular weight is 342 g/mol. The molecule has 4 aromatic rings. The molecule has 0 aromatic carbocycles. The van der Waals surface area contributed by atoms with E-state index < -0.39 is 11.9 Å². The van der Waals surface area contributed by atoms with Crippen molar-refractivity contribution < 1.29 is 13.2 Å². The molecule has 0 bridgehead atoms. The Morgan fingerprint density at radius 1 is 0.920 bits per heavy atom. The predicted octanol–water partition coefficient (Wildman–Crippen LogP) is 3.29. The van der Waals surface area contributed by atoms with Crippen LogP contribution in [0.25, 0.3) is 28.0 Å². The molecular formula is C16H9F3N6. The first-order chi connectivity index (χ1) is 12.0. The molecule has 0 radical (unpaired) electrons. The molecule has 0 amide bonds. The van der Waals surface area contributed by atoms with Crippen molar-refractivity contribution in [1.82, 2.24) is 29.7 Å². The van der Waals surface area contributed by atoms with Gasteiger partial charge in [-0.1, -0.05) is 0 Å². The zero-order valence-electron chi connectivity index (χ0n) is 12.5. The van der Waals surface area contributed by atoms with E-state index in [0.29, 0.717) is 22.5 Å². The molecule has 25 heavy (non-hydrogen) atoms. The van der Waals surface area contributed by atoms with E-state index in [1.165, 1.54) is 23.0 Å². The average Bonchev–Trinajstić information content (AvgIpc) is 3.10. The zero-order valence-corrected chi connectivity index (χ0v) is 12.5. The second kappa shape index (κ2) is 5.62. The Labute approximate surface area is 139 Å². The minimum Gasteiger partial charge on any atom is -0.261 e. The van der Waals surface area contributed by atoms with Gasteiger partial charge in [0.05, 0.1) is 23.6 Å². The molecule has 0 fully saturated rings. The molecule has 124 valence electrons. The molecule has 0 N–H and O–H groups in total. The van der Waals surface area contributed by atoms with Crippen LogP contribution >= 0.6 is 0 Å². The van der Waals surface area contributed by atoms with Crippen molar-refractivity contribution in [3.63, 3.8) is 0 Å². The third-order valence-electron chi connectivity index (χ3n) is 3.54. The van der Waals surface area contributed by atoms with Crippen molar-refractivity contribution >= 4 is 10.9 Å². The van der Waals surface area contributed by atoms with E-state index in [-0.39, 0.29) is 5.52 Å². The molecule has 6 nitrogen and oxygen atoms in total. The number of fused-ring (bicyclic) bond motifs is 1. The Balaban J connectivity index is 1.81. The summed E-state index contributed by atoms with van der Waals surface area (Å²) >= 11 is 0. The van der Waals surface area contributed by atoms with Crippen molar-refractivity contribution in [2.75, 3.05) is 0 Å². The third kappa shape index (κ3) is 2.80. The molecule has 0 aliphatic carbocycles. The molecule has 0 aliphatic rings. The van der Waals surface area contributed by atoms with E-state index in [1.807, 2.05) is 0 Å². The molecule has 4 rings (SSSR count). The van der Waals surface area contributed by atoms with Crippen LogP contribution in [0.5, 0.6) is 0 Å². The molecule has 9 heteroatoms. The molecule has 4 heterocycles. The van der Waals surface area contributed by atoms with Crippen LogP contribution in [-0.4, -0.2) is 29.7 Å². The summed E-state index contributed by atoms with van der Waals surface area (Å²) in [4.78, 5) is 16.1. The molecule has 0 unspecified atom stereocenters. The summed E-state index contributed by atoms with van der Waals surface area (Å²) in [6, 6.07) is 3.71. The minimum atomic E-state index is -4.50. The summed E-state index contributed by atoms with van der Waals surface area (Å²) < 4.78 is 39.9. The molecule has 0 aliphatic heterocycles. The highest BCUT2D eigenvalue weighted by molar-refractivity contribution is 5.85. The van der Waals surface area contributed by atoms with E-state index in [1.54, 1.807) is 31.0 Å². The highest BCUT2D eigenvalue weighted by Crippen LogP contribution is 2.30. The van der Waals surface area contributed by atoms with Gasteiger partial charge in [-0.3, -0.25) is 9.97 Å². The van der Waals surface area contributed by atoms with Gasteiger partial charge in [-0.15, -0.1) is 0 Å². The lowest BCUT2D eigenvalue weighted by Crippen LogP contribution is -2.08. The topological polar surface area (TPSA) is 69.4 Å². The monoisotopic (exact) mass is 342 g/mol. The fraction of sp³-hybridized carbons (Fsp3) is 0.0625. The smallest absolute Gasteiger partial charge is 0.261 e. The second-order valence-electron chi connectivity index (χ2n) is 5.16. The van der Waals surface area contributed by atoms with Crippen LogP contribution in [-0.2, 0) is 6.18 Å². The largest absolute Gasteiger partial charge is 0.433 e. The van der Waals surface area contributed by atoms with Crippen molar-refractivity contribution in [3.8, 4) is 17.1 Å². The maximum absolute atomic E-state index is 12.8. The summed E-state index contributed by atoms with van der Waals surface area (Å²) in [6.45, 7) is 0. The van der Waals surface area contributed by atoms with E-state index in [9.17, 15) is 13.2 Å². The summed E-state index contributed by atoms with van der Waals surface area (Å²) in [7, 11) is 0. The fourth-order valence-corrected chi connectivity index (χ4v) is 2.40. The van der Waals surface area contributed by atoms with Crippen molar-refractivity contribution in [2.45, 2.75) is 6.18 Å². The molecule has 4 aromatic heterocycles. The van der Waals surface area contributed by atoms with Crippen LogP contribution in [0.1, 0.15) is 5.69 Å². The number of hydrogen-bond donors (Lipinski definition) is 0. The van der Waals surface area contributed by atoms with Crippen LogP contribution in [0.3, 0.4) is 0 Å². The lowest BCUT2D eigenvalue weighted by molar-refractivity contribution is -0.140. The first-order valence-corrected chi connectivity index (χ1v) is 7.17. The SMILES string of the molecule is FC(F)(F)c1ccc2c(-n3cc(-c4cnccn4)cn3)nccc2n1. The van der Waals surface area contributed by atoms with Crippen molar-refractivity contribution in [2.24, 2.45) is 0 Å². The van der Waals surface area contributed by atoms with Gasteiger partial charge in [-0.25, -0.2) is 14.6 Å². The predicted molar refractivity (Wildman–Crippen MR) is 82.7 cm³/mol. The van der Waals surface area contributed by atoms with E-state index in [2.05, 4.69) is 25.0 Å². The van der Waals surface area contributed by atoms with Gasteiger partial charge in [-0.05, 0) is 18.2 Å². The fourth-order valence-electron chi connectivity index (χ4n) is 2.40. The Kier molecular flexibility index (Phi) is 3.41. The van der Waals surface area contributed by atoms with Crippen LogP contribution < -0.4 is 0 Å². The Bertz CT molecular complexity index is 1040. The Morgan fingerprint density at radius 2 is 1.80 bits per heavy atom. The highest BCUT2D eigenvalue weighted by atomic mass is 19.4. The van der Waals surface area contributed by atoms with Gasteiger partial charge < -0.3 is 0 Å². The number of rotatable bonds is 2. The van der Waals surface area contributed by atoms with E-state index in [4.69, 9.17) is 0 Å². The normalized spacial score (nSPS) is 11.8. The van der Waals surface area contributed by atoms with Gasteiger partial charge in [-0.2, -0.15) is 18.3 Å². The van der Waals surface area contributed by atoms with Crippen molar-refractivity contribution in [3.05, 3.63) is 61.1 Å². The molecule has 0 saturated carbocycles. The van der Waals surface area contributed by atoms with Gasteiger partial charge in [0.25, 0.3) is 0 Å². The maximum atomic E-state index is 12.8. The van der Waals surface area contributed by atoms with E-state index >= 15 is 0 Å². The quantitative estimate of drug-likeness (QED) is 0.559. The molecule has 0 saturated heterocycles. The minimum absolute atomic E-state index is 0.191. The lowest BCUT2D eigenvalue weighted by atomic mass is 10.2. The first-order valence-electron chi connectivity index (χ1n) is 7.17. The van der Waals surface area contributed by atoms with Gasteiger partial charge >= 0.3 is 6.18 Å². The molecule has 0 atom stereocenters. The standard InChI is InChI=1S/C16H9F3N6/c17-16(18,19)14-2-1-11-12(24-14)3-4-22-15(11)25-9-10(7-23-25)13-8-20-5-6-21-13/h1-9H. The number of pyridine rings is 2. The summed E-state index contributed by atoms with van der Waals surface area (Å²) in [5, 5.41) is 4.68. The maximum Gasteiger partial charge on any atom is 0.433 e. The highest BCUT2D eigenvalue weighted by Gasteiger charge is 2.32. The summed E-state index contributed by atoms with van der Waals surface area (Å²) in [5.41, 5.74) is 0.590. The number of nitrogens with zero attached hydrogens (tertiary/aromatic N) is 6. The number of halogens is 3. The van der Waals surface area contributed by atoms with Crippen LogP contribution in [0.15, 0.2) is 55.4 Å². The number of aromatic nitrogens is 6. The van der Waals surface area contributed by atoms with Crippen LogP contribution in [0, 0.1) is 0 Å². The Hall–Kier alpha value is -3.36. The first kappa shape index (κ1) is 15.2. The van der Waals surface area contributed by atoms with Crippen LogP contribution in [0.2, 0.25) is 0 Å². The van der Waals surface area contributed by atoms with Gasteiger partial charge in [0.1, 0.15) is 5.69 Å². The van der Waals surface area contributed by atoms with Gasteiger partial charge in [0.15, 0.2) is 5.82 Å². The van der Waals surface area contributed by atoms with E-state index in [0.717, 1.165) is 6.07 Å². The third-order valence-corrected chi connectivity index (χ3v) is 3.54. The number of hydrogen-bond acceptors (Lipinski definition) is 5. The second-order valence-corrected chi connectivity index (χ2v) is 5.16. The summed E-state index contributed by atoms with van der Waals surface area (Å²) in [5.74, 6) is 0.383. The van der Waals surface area contributed by atoms with Gasteiger partial charge in [0.2, 0.25) is 0 Å². The zero-order chi connectivity index (χ0) is 17.4. The molecule has 0 spiro atoms. The number of alkyl halides is 3. The van der Waals surface area contributed by atoms with Gasteiger partial charge in [0, 0.05) is 35.7 Å².